The van der Waals surface area contributed by atoms with Gasteiger partial charge in [-0.3, -0.25) is 0 Å². The summed E-state index contributed by atoms with van der Waals surface area (Å²) >= 11 is 0. The summed E-state index contributed by atoms with van der Waals surface area (Å²) < 4.78 is 4.80. The average molecular weight is 193 g/mol. The lowest BCUT2D eigenvalue weighted by molar-refractivity contribution is -0.283. The van der Waals surface area contributed by atoms with E-state index in [4.69, 9.17) is 20.7 Å². The van der Waals surface area contributed by atoms with Crippen LogP contribution in [-0.2, 0) is 4.74 Å². The van der Waals surface area contributed by atoms with E-state index in [1.165, 1.54) is 6.92 Å². The molecule has 6 nitrogen and oxygen atoms in total. The van der Waals surface area contributed by atoms with E-state index in [-0.39, 0.29) is 0 Å². The maximum Gasteiger partial charge on any atom is 0.173 e. The number of aliphatic hydroxyl groups is 4. The first-order chi connectivity index (χ1) is 5.91. The summed E-state index contributed by atoms with van der Waals surface area (Å²) in [6, 6.07) is -1.07. The maximum absolute atomic E-state index is 9.66. The second-order valence-corrected chi connectivity index (χ2v) is 3.45. The van der Waals surface area contributed by atoms with Gasteiger partial charge in [-0.2, -0.15) is 0 Å². The summed E-state index contributed by atoms with van der Waals surface area (Å²) in [7, 11) is 0. The second-order valence-electron chi connectivity index (χ2n) is 3.45. The summed E-state index contributed by atoms with van der Waals surface area (Å²) in [6.45, 7) is 0.804. The van der Waals surface area contributed by atoms with Gasteiger partial charge in [-0.1, -0.05) is 0 Å². The van der Waals surface area contributed by atoms with E-state index in [1.54, 1.807) is 0 Å². The van der Waals surface area contributed by atoms with Crippen molar-refractivity contribution in [3.05, 3.63) is 0 Å². The molecule has 1 rings (SSSR count). The summed E-state index contributed by atoms with van der Waals surface area (Å²) in [5, 5.41) is 37.1. The third kappa shape index (κ3) is 1.69. The minimum atomic E-state index is -1.65. The molecule has 0 aromatic rings. The normalized spacial score (nSPS) is 52.2. The molecule has 78 valence electrons. The minimum Gasteiger partial charge on any atom is -0.394 e. The maximum atomic E-state index is 9.66. The molecule has 0 aromatic heterocycles. The van der Waals surface area contributed by atoms with Gasteiger partial charge in [0.15, 0.2) is 6.29 Å². The lowest BCUT2D eigenvalue weighted by Gasteiger charge is -2.45. The van der Waals surface area contributed by atoms with Crippen LogP contribution in [0.4, 0.5) is 0 Å². The van der Waals surface area contributed by atoms with Crippen LogP contribution in [0.15, 0.2) is 0 Å². The van der Waals surface area contributed by atoms with Gasteiger partial charge < -0.3 is 30.9 Å². The molecule has 6 heteroatoms. The fourth-order valence-electron chi connectivity index (χ4n) is 1.36. The molecular weight excluding hydrogens is 178 g/mol. The largest absolute Gasteiger partial charge is 0.394 e. The fraction of sp³-hybridized carbons (Fsp3) is 1.00. The van der Waals surface area contributed by atoms with Crippen LogP contribution in [0.25, 0.3) is 0 Å². The van der Waals surface area contributed by atoms with Crippen molar-refractivity contribution in [1.82, 2.24) is 0 Å². The van der Waals surface area contributed by atoms with E-state index in [2.05, 4.69) is 0 Å². The zero-order valence-electron chi connectivity index (χ0n) is 7.29. The van der Waals surface area contributed by atoms with E-state index < -0.39 is 36.7 Å². The number of rotatable bonds is 1. The molecular formula is C7H15NO5. The Morgan fingerprint density at radius 1 is 1.46 bits per heavy atom. The highest BCUT2D eigenvalue weighted by Crippen LogP contribution is 2.27. The van der Waals surface area contributed by atoms with Crippen LogP contribution >= 0.6 is 0 Å². The van der Waals surface area contributed by atoms with E-state index in [0.29, 0.717) is 0 Å². The molecule has 1 heterocycles. The monoisotopic (exact) mass is 193 g/mol. The quantitative estimate of drug-likeness (QED) is 0.306. The van der Waals surface area contributed by atoms with Gasteiger partial charge in [0.25, 0.3) is 0 Å². The van der Waals surface area contributed by atoms with Gasteiger partial charge in [-0.25, -0.2) is 0 Å². The van der Waals surface area contributed by atoms with Gasteiger partial charge in [0, 0.05) is 0 Å². The van der Waals surface area contributed by atoms with Crippen molar-refractivity contribution in [2.75, 3.05) is 6.61 Å². The Morgan fingerprint density at radius 2 is 2.00 bits per heavy atom. The molecule has 5 atom stereocenters. The smallest absolute Gasteiger partial charge is 0.173 e. The van der Waals surface area contributed by atoms with Crippen LogP contribution < -0.4 is 5.73 Å². The highest BCUT2D eigenvalue weighted by Gasteiger charge is 2.50. The molecule has 1 aliphatic heterocycles. The van der Waals surface area contributed by atoms with Crippen LogP contribution in [-0.4, -0.2) is 57.2 Å². The molecule has 6 N–H and O–H groups in total. The molecule has 0 aliphatic carbocycles. The van der Waals surface area contributed by atoms with Crippen molar-refractivity contribution in [2.24, 2.45) is 5.73 Å². The standard InChI is InChI=1S/C7H15NO5/c1-7(12)3(2-9)13-6(11)4(8)5(7)10/h3-6,9-12H,2,8H2,1H3/t3-,4-,5-,6?,7-/m1/s1. The average Bonchev–Trinajstić information content (AvgIpc) is 2.08. The van der Waals surface area contributed by atoms with Gasteiger partial charge in [0.1, 0.15) is 17.8 Å². The van der Waals surface area contributed by atoms with Gasteiger partial charge in [-0.15, -0.1) is 0 Å². The van der Waals surface area contributed by atoms with E-state index in [1.807, 2.05) is 0 Å². The van der Waals surface area contributed by atoms with Crippen LogP contribution in [0.2, 0.25) is 0 Å². The molecule has 0 aromatic carbocycles. The number of ether oxygens (including phenoxy) is 1. The number of nitrogens with two attached hydrogens (primary N) is 1. The van der Waals surface area contributed by atoms with E-state index in [0.717, 1.165) is 0 Å². The van der Waals surface area contributed by atoms with E-state index >= 15 is 0 Å². The van der Waals surface area contributed by atoms with Gasteiger partial charge >= 0.3 is 0 Å². The molecule has 1 saturated heterocycles. The van der Waals surface area contributed by atoms with Crippen molar-refractivity contribution in [2.45, 2.75) is 37.1 Å². The molecule has 0 radical (unpaired) electrons. The zero-order chi connectivity index (χ0) is 10.2. The first-order valence-electron chi connectivity index (χ1n) is 4.01. The van der Waals surface area contributed by atoms with Crippen LogP contribution in [0.5, 0.6) is 0 Å². The first kappa shape index (κ1) is 10.8. The summed E-state index contributed by atoms with van der Waals surface area (Å²) in [4.78, 5) is 0. The fourth-order valence-corrected chi connectivity index (χ4v) is 1.36. The Hall–Kier alpha value is -0.240. The second kappa shape index (κ2) is 3.49. The number of hydrogen-bond acceptors (Lipinski definition) is 6. The Kier molecular flexibility index (Phi) is 2.91. The van der Waals surface area contributed by atoms with Crippen LogP contribution in [0.1, 0.15) is 6.92 Å². The van der Waals surface area contributed by atoms with Crippen molar-refractivity contribution < 1.29 is 25.2 Å². The lowest BCUT2D eigenvalue weighted by atomic mass is 9.85. The topological polar surface area (TPSA) is 116 Å². The first-order valence-corrected chi connectivity index (χ1v) is 4.01. The minimum absolute atomic E-state index is 0.492. The molecule has 1 unspecified atom stereocenters. The summed E-state index contributed by atoms with van der Waals surface area (Å²) in [5.74, 6) is 0. The SMILES string of the molecule is C[C@]1(O)[C@H](O)[C@@H](N)C(O)O[C@@H]1CO. The Balaban J connectivity index is 2.82. The molecule has 13 heavy (non-hydrogen) atoms. The molecule has 0 amide bonds. The van der Waals surface area contributed by atoms with Crippen molar-refractivity contribution in [3.63, 3.8) is 0 Å². The number of aliphatic hydroxyl groups excluding tert-OH is 3. The number of hydrogen-bond donors (Lipinski definition) is 5. The predicted molar refractivity (Wildman–Crippen MR) is 42.6 cm³/mol. The Bertz CT molecular complexity index is 182. The van der Waals surface area contributed by atoms with Crippen LogP contribution in [0.3, 0.4) is 0 Å². The van der Waals surface area contributed by atoms with Crippen molar-refractivity contribution >= 4 is 0 Å². The van der Waals surface area contributed by atoms with Gasteiger partial charge in [0.2, 0.25) is 0 Å². The Morgan fingerprint density at radius 3 is 2.46 bits per heavy atom. The molecule has 0 bridgehead atoms. The van der Waals surface area contributed by atoms with Gasteiger partial charge in [-0.05, 0) is 6.92 Å². The highest BCUT2D eigenvalue weighted by atomic mass is 16.6. The third-order valence-corrected chi connectivity index (χ3v) is 2.41. The van der Waals surface area contributed by atoms with Crippen molar-refractivity contribution in [3.8, 4) is 0 Å². The van der Waals surface area contributed by atoms with Crippen LogP contribution in [0, 0.1) is 0 Å². The lowest BCUT2D eigenvalue weighted by Crippen LogP contribution is -2.67. The zero-order valence-corrected chi connectivity index (χ0v) is 7.29. The Labute approximate surface area is 75.6 Å². The highest BCUT2D eigenvalue weighted by molar-refractivity contribution is 4.99. The third-order valence-electron chi connectivity index (χ3n) is 2.41. The molecule has 0 saturated carbocycles. The summed E-state index contributed by atoms with van der Waals surface area (Å²) in [5.41, 5.74) is 3.70. The molecule has 1 fully saturated rings. The molecule has 0 spiro atoms. The predicted octanol–water partition coefficient (Wildman–Crippen LogP) is -2.86. The molecule has 1 aliphatic rings. The summed E-state index contributed by atoms with van der Waals surface area (Å²) in [6.07, 6.45) is -3.72. The van der Waals surface area contributed by atoms with Gasteiger partial charge in [0.05, 0.1) is 12.6 Å². The van der Waals surface area contributed by atoms with Crippen molar-refractivity contribution in [1.29, 1.82) is 0 Å². The van der Waals surface area contributed by atoms with E-state index in [9.17, 15) is 10.2 Å².